The number of imidazole rings is 1. The predicted octanol–water partition coefficient (Wildman–Crippen LogP) is 1.75. The Morgan fingerprint density at radius 3 is 2.94 bits per heavy atom. The normalized spacial score (nSPS) is 12.4. The molecule has 2 aromatic rings. The average molecular weight is 295 g/mol. The zero-order valence-electron chi connectivity index (χ0n) is 9.17. The maximum Gasteiger partial charge on any atom is 0.240 e. The molecule has 6 heteroatoms. The fourth-order valence-corrected chi connectivity index (χ4v) is 1.89. The van der Waals surface area contributed by atoms with E-state index in [0.29, 0.717) is 5.82 Å². The van der Waals surface area contributed by atoms with E-state index in [-0.39, 0.29) is 0 Å². The van der Waals surface area contributed by atoms with Gasteiger partial charge in [-0.25, -0.2) is 4.98 Å². The lowest BCUT2D eigenvalue weighted by atomic mass is 10.2. The highest BCUT2D eigenvalue weighted by molar-refractivity contribution is 9.10. The number of aromatic nitrogens is 3. The molecule has 17 heavy (non-hydrogen) atoms. The Morgan fingerprint density at radius 1 is 1.53 bits per heavy atom. The molecule has 0 aromatic carbocycles. The van der Waals surface area contributed by atoms with E-state index in [1.54, 1.807) is 36.3 Å². The maximum absolute atomic E-state index is 11.2. The van der Waals surface area contributed by atoms with Crippen LogP contribution in [-0.2, 0) is 4.79 Å². The van der Waals surface area contributed by atoms with Gasteiger partial charge in [0.15, 0.2) is 0 Å². The molecule has 2 rings (SSSR count). The van der Waals surface area contributed by atoms with Gasteiger partial charge in [0.2, 0.25) is 5.91 Å². The van der Waals surface area contributed by atoms with Gasteiger partial charge in [0.1, 0.15) is 11.9 Å². The molecule has 1 atom stereocenters. The number of nitrogens with two attached hydrogens (primary N) is 1. The Morgan fingerprint density at radius 2 is 2.29 bits per heavy atom. The van der Waals surface area contributed by atoms with Crippen LogP contribution in [0.1, 0.15) is 13.0 Å². The Balaban J connectivity index is 2.47. The molecule has 5 nitrogen and oxygen atoms in total. The minimum atomic E-state index is -0.438. The largest absolute Gasteiger partial charge is 0.368 e. The molecule has 1 unspecified atom stereocenters. The first kappa shape index (κ1) is 11.8. The fourth-order valence-electron chi connectivity index (χ4n) is 1.52. The Hall–Kier alpha value is -1.69. The molecular formula is C11H11BrN4O. The summed E-state index contributed by atoms with van der Waals surface area (Å²) < 4.78 is 2.59. The second-order valence-corrected chi connectivity index (χ2v) is 4.54. The summed E-state index contributed by atoms with van der Waals surface area (Å²) in [4.78, 5) is 19.5. The van der Waals surface area contributed by atoms with Crippen molar-refractivity contribution in [3.63, 3.8) is 0 Å². The maximum atomic E-state index is 11.2. The van der Waals surface area contributed by atoms with Gasteiger partial charge in [0, 0.05) is 34.8 Å². The van der Waals surface area contributed by atoms with Crippen molar-refractivity contribution in [2.75, 3.05) is 0 Å². The minimum Gasteiger partial charge on any atom is -0.368 e. The number of halogens is 1. The van der Waals surface area contributed by atoms with Crippen LogP contribution in [0.2, 0.25) is 0 Å². The van der Waals surface area contributed by atoms with Crippen LogP contribution < -0.4 is 5.73 Å². The number of hydrogen-bond donors (Lipinski definition) is 1. The summed E-state index contributed by atoms with van der Waals surface area (Å²) in [5.74, 6) is 0.275. The van der Waals surface area contributed by atoms with Crippen LogP contribution in [0.3, 0.4) is 0 Å². The van der Waals surface area contributed by atoms with Gasteiger partial charge in [-0.15, -0.1) is 0 Å². The monoisotopic (exact) mass is 294 g/mol. The van der Waals surface area contributed by atoms with Gasteiger partial charge < -0.3 is 10.3 Å². The van der Waals surface area contributed by atoms with Gasteiger partial charge in [-0.3, -0.25) is 9.78 Å². The van der Waals surface area contributed by atoms with Crippen molar-refractivity contribution >= 4 is 21.8 Å². The molecule has 0 aliphatic rings. The quantitative estimate of drug-likeness (QED) is 0.937. The molecular weight excluding hydrogens is 284 g/mol. The number of primary amides is 1. The van der Waals surface area contributed by atoms with E-state index in [0.717, 1.165) is 10.0 Å². The Kier molecular flexibility index (Phi) is 3.23. The van der Waals surface area contributed by atoms with Gasteiger partial charge >= 0.3 is 0 Å². The number of pyridine rings is 1. The van der Waals surface area contributed by atoms with Crippen LogP contribution in [0.25, 0.3) is 11.4 Å². The minimum absolute atomic E-state index is 0.396. The summed E-state index contributed by atoms with van der Waals surface area (Å²) >= 11 is 3.35. The van der Waals surface area contributed by atoms with E-state index < -0.39 is 11.9 Å². The summed E-state index contributed by atoms with van der Waals surface area (Å²) in [5.41, 5.74) is 6.12. The summed E-state index contributed by atoms with van der Waals surface area (Å²) in [6, 6.07) is 1.45. The van der Waals surface area contributed by atoms with Crippen LogP contribution in [0.5, 0.6) is 0 Å². The second kappa shape index (κ2) is 4.67. The summed E-state index contributed by atoms with van der Waals surface area (Å²) in [5, 5.41) is 0. The number of carbonyl (C=O) groups is 1. The first-order valence-electron chi connectivity index (χ1n) is 5.02. The van der Waals surface area contributed by atoms with Gasteiger partial charge in [-0.1, -0.05) is 0 Å². The molecule has 2 heterocycles. The van der Waals surface area contributed by atoms with Crippen molar-refractivity contribution in [1.29, 1.82) is 0 Å². The molecule has 2 N–H and O–H groups in total. The second-order valence-electron chi connectivity index (χ2n) is 3.63. The fraction of sp³-hybridized carbons (Fsp3) is 0.182. The van der Waals surface area contributed by atoms with Crippen molar-refractivity contribution in [2.45, 2.75) is 13.0 Å². The molecule has 0 bridgehead atoms. The molecule has 0 aliphatic heterocycles. The molecule has 0 spiro atoms. The van der Waals surface area contributed by atoms with Crippen LogP contribution in [0, 0.1) is 0 Å². The number of hydrogen-bond acceptors (Lipinski definition) is 3. The molecule has 0 saturated heterocycles. The molecule has 0 saturated carbocycles. The van der Waals surface area contributed by atoms with Crippen molar-refractivity contribution in [3.8, 4) is 11.4 Å². The van der Waals surface area contributed by atoms with E-state index in [2.05, 4.69) is 25.9 Å². The van der Waals surface area contributed by atoms with Crippen molar-refractivity contribution in [2.24, 2.45) is 5.73 Å². The summed E-state index contributed by atoms with van der Waals surface area (Å²) in [7, 11) is 0. The third-order valence-corrected chi connectivity index (χ3v) is 2.89. The first-order valence-corrected chi connectivity index (χ1v) is 5.82. The van der Waals surface area contributed by atoms with Crippen LogP contribution in [-0.4, -0.2) is 20.4 Å². The molecule has 2 aromatic heterocycles. The predicted molar refractivity (Wildman–Crippen MR) is 67.1 cm³/mol. The number of carbonyl (C=O) groups excluding carboxylic acids is 1. The van der Waals surface area contributed by atoms with E-state index in [4.69, 9.17) is 5.73 Å². The zero-order chi connectivity index (χ0) is 12.4. The smallest absolute Gasteiger partial charge is 0.240 e. The lowest BCUT2D eigenvalue weighted by Crippen LogP contribution is -2.24. The zero-order valence-corrected chi connectivity index (χ0v) is 10.8. The van der Waals surface area contributed by atoms with Crippen LogP contribution in [0.4, 0.5) is 0 Å². The van der Waals surface area contributed by atoms with E-state index in [9.17, 15) is 4.79 Å². The SMILES string of the molecule is CC(C(N)=O)n1ccnc1-c1cncc(Br)c1. The molecule has 0 aliphatic carbocycles. The number of rotatable bonds is 3. The van der Waals surface area contributed by atoms with Crippen LogP contribution in [0.15, 0.2) is 35.3 Å². The molecule has 0 fully saturated rings. The lowest BCUT2D eigenvalue weighted by molar-refractivity contribution is -0.120. The highest BCUT2D eigenvalue weighted by Crippen LogP contribution is 2.22. The Bertz CT molecular complexity index is 552. The van der Waals surface area contributed by atoms with Gasteiger partial charge in [-0.05, 0) is 28.9 Å². The number of amides is 1. The van der Waals surface area contributed by atoms with Gasteiger partial charge in [-0.2, -0.15) is 0 Å². The highest BCUT2D eigenvalue weighted by Gasteiger charge is 2.16. The first-order chi connectivity index (χ1) is 8.09. The van der Waals surface area contributed by atoms with Crippen LogP contribution >= 0.6 is 15.9 Å². The third kappa shape index (κ3) is 2.36. The number of nitrogens with zero attached hydrogens (tertiary/aromatic N) is 3. The van der Waals surface area contributed by atoms with Crippen molar-refractivity contribution in [3.05, 3.63) is 35.3 Å². The lowest BCUT2D eigenvalue weighted by Gasteiger charge is -2.12. The highest BCUT2D eigenvalue weighted by atomic mass is 79.9. The van der Waals surface area contributed by atoms with Gasteiger partial charge in [0.05, 0.1) is 0 Å². The Labute approximate surface area is 107 Å². The van der Waals surface area contributed by atoms with E-state index >= 15 is 0 Å². The standard InChI is InChI=1S/C11H11BrN4O/c1-7(10(13)17)16-3-2-15-11(16)8-4-9(12)6-14-5-8/h2-7H,1H3,(H2,13,17). The summed E-state index contributed by atoms with van der Waals surface area (Å²) in [6.07, 6.45) is 6.74. The van der Waals surface area contributed by atoms with E-state index in [1.165, 1.54) is 0 Å². The molecule has 0 radical (unpaired) electrons. The molecule has 88 valence electrons. The average Bonchev–Trinajstić information content (AvgIpc) is 2.76. The molecule has 1 amide bonds. The van der Waals surface area contributed by atoms with Gasteiger partial charge in [0.25, 0.3) is 0 Å². The van der Waals surface area contributed by atoms with Crippen molar-refractivity contribution in [1.82, 2.24) is 14.5 Å². The summed E-state index contributed by atoms with van der Waals surface area (Å²) in [6.45, 7) is 1.74. The van der Waals surface area contributed by atoms with Crippen molar-refractivity contribution < 1.29 is 4.79 Å². The van der Waals surface area contributed by atoms with E-state index in [1.807, 2.05) is 6.07 Å². The topological polar surface area (TPSA) is 73.8 Å². The third-order valence-electron chi connectivity index (χ3n) is 2.46.